The first kappa shape index (κ1) is 22.2. The van der Waals surface area contributed by atoms with E-state index < -0.39 is 0 Å². The Hall–Kier alpha value is -2.58. The smallest absolute Gasteiger partial charge is 0.253 e. The summed E-state index contributed by atoms with van der Waals surface area (Å²) in [6, 6.07) is 7.88. The lowest BCUT2D eigenvalue weighted by atomic mass is 9.69. The number of piperidine rings is 1. The highest BCUT2D eigenvalue weighted by molar-refractivity contribution is 5.79. The van der Waals surface area contributed by atoms with Gasteiger partial charge in [0.25, 0.3) is 5.56 Å². The van der Waals surface area contributed by atoms with Crippen LogP contribution < -0.4 is 5.56 Å². The van der Waals surface area contributed by atoms with Crippen molar-refractivity contribution in [1.82, 2.24) is 30.1 Å². The van der Waals surface area contributed by atoms with Crippen molar-refractivity contribution in [2.24, 2.45) is 5.41 Å². The van der Waals surface area contributed by atoms with E-state index in [2.05, 4.69) is 38.4 Å². The monoisotopic (exact) mass is 450 g/mol. The maximum absolute atomic E-state index is 13.4. The molecular weight excluding hydrogens is 416 g/mol. The molecular formula is C25H34N6O2. The summed E-state index contributed by atoms with van der Waals surface area (Å²) in [4.78, 5) is 19.0. The van der Waals surface area contributed by atoms with Gasteiger partial charge in [0.05, 0.1) is 13.2 Å². The Bertz CT molecular complexity index is 1160. The maximum Gasteiger partial charge on any atom is 0.253 e. The average Bonchev–Trinajstić information content (AvgIpc) is 3.27. The number of hydrogen-bond acceptors (Lipinski definition) is 6. The number of pyridine rings is 1. The number of methoxy groups -OCH3 is 1. The van der Waals surface area contributed by atoms with Gasteiger partial charge >= 0.3 is 0 Å². The van der Waals surface area contributed by atoms with Gasteiger partial charge in [0.1, 0.15) is 6.04 Å². The van der Waals surface area contributed by atoms with E-state index >= 15 is 0 Å². The molecule has 0 radical (unpaired) electrons. The molecule has 3 heterocycles. The summed E-state index contributed by atoms with van der Waals surface area (Å²) in [6.45, 7) is 5.07. The Balaban J connectivity index is 1.61. The number of ether oxygens (including phenoxy) is 1. The SMILES string of the molecule is COCCn1nnnc1C(c1cc2cc(C)ccc2[nH]c1=O)N1CCCC2(CCCCC2)C1. The number of nitrogens with zero attached hydrogens (tertiary/aromatic N) is 5. The first-order valence-corrected chi connectivity index (χ1v) is 12.2. The standard InChI is InChI=1S/C25H34N6O2/c1-18-7-8-21-19(15-18)16-20(24(32)26-21)22(23-27-28-29-31(23)13-14-33-2)30-12-6-11-25(17-30)9-4-3-5-10-25/h7-8,15-16,22H,3-6,9-14,17H2,1-2H3,(H,26,32). The van der Waals surface area contributed by atoms with Crippen molar-refractivity contribution >= 4 is 10.9 Å². The molecule has 1 N–H and O–H groups in total. The Labute approximate surface area is 194 Å². The lowest BCUT2D eigenvalue weighted by molar-refractivity contribution is 0.0335. The lowest BCUT2D eigenvalue weighted by Crippen LogP contribution is -2.47. The van der Waals surface area contributed by atoms with Crippen LogP contribution in [0.25, 0.3) is 10.9 Å². The quantitative estimate of drug-likeness (QED) is 0.617. The maximum atomic E-state index is 13.4. The highest BCUT2D eigenvalue weighted by Crippen LogP contribution is 2.45. The van der Waals surface area contributed by atoms with Crippen LogP contribution in [-0.4, -0.2) is 56.9 Å². The van der Waals surface area contributed by atoms with E-state index in [9.17, 15) is 4.79 Å². The first-order chi connectivity index (χ1) is 16.1. The van der Waals surface area contributed by atoms with Crippen molar-refractivity contribution in [3.63, 3.8) is 0 Å². The Morgan fingerprint density at radius 3 is 2.79 bits per heavy atom. The number of tetrazole rings is 1. The third kappa shape index (κ3) is 4.46. The fourth-order valence-electron chi connectivity index (χ4n) is 5.97. The molecule has 5 rings (SSSR count). The molecule has 0 amide bonds. The number of likely N-dealkylation sites (tertiary alicyclic amines) is 1. The van der Waals surface area contributed by atoms with E-state index in [1.54, 1.807) is 11.8 Å². The molecule has 33 heavy (non-hydrogen) atoms. The van der Waals surface area contributed by atoms with Crippen LogP contribution in [0.4, 0.5) is 0 Å². The highest BCUT2D eigenvalue weighted by atomic mass is 16.5. The van der Waals surface area contributed by atoms with Crippen LogP contribution >= 0.6 is 0 Å². The average molecular weight is 451 g/mol. The number of aryl methyl sites for hydroxylation is 1. The third-order valence-electron chi connectivity index (χ3n) is 7.60. The van der Waals surface area contributed by atoms with Gasteiger partial charge < -0.3 is 9.72 Å². The number of aromatic amines is 1. The van der Waals surface area contributed by atoms with E-state index in [4.69, 9.17) is 4.74 Å². The van der Waals surface area contributed by atoms with Crippen molar-refractivity contribution in [2.75, 3.05) is 26.8 Å². The van der Waals surface area contributed by atoms with Gasteiger partial charge in [0, 0.05) is 24.7 Å². The molecule has 1 spiro atoms. The molecule has 2 aliphatic rings. The van der Waals surface area contributed by atoms with Crippen LogP contribution in [0.3, 0.4) is 0 Å². The zero-order valence-corrected chi connectivity index (χ0v) is 19.7. The molecule has 8 heteroatoms. The second-order valence-corrected chi connectivity index (χ2v) is 9.93. The van der Waals surface area contributed by atoms with E-state index in [-0.39, 0.29) is 11.6 Å². The van der Waals surface area contributed by atoms with Crippen molar-refractivity contribution in [1.29, 1.82) is 0 Å². The molecule has 2 aromatic heterocycles. The molecule has 8 nitrogen and oxygen atoms in total. The van der Waals surface area contributed by atoms with Gasteiger partial charge in [-0.05, 0) is 78.6 Å². The van der Waals surface area contributed by atoms with Gasteiger partial charge in [-0.3, -0.25) is 9.69 Å². The Morgan fingerprint density at radius 1 is 1.15 bits per heavy atom. The fraction of sp³-hybridized carbons (Fsp3) is 0.600. The van der Waals surface area contributed by atoms with Crippen molar-refractivity contribution in [3.8, 4) is 0 Å². The van der Waals surface area contributed by atoms with Crippen LogP contribution in [0.5, 0.6) is 0 Å². The summed E-state index contributed by atoms with van der Waals surface area (Å²) in [7, 11) is 1.68. The van der Waals surface area contributed by atoms with Crippen LogP contribution in [0.2, 0.25) is 0 Å². The number of rotatable bonds is 6. The van der Waals surface area contributed by atoms with E-state index in [1.807, 2.05) is 18.2 Å². The normalized spacial score (nSPS) is 19.8. The first-order valence-electron chi connectivity index (χ1n) is 12.2. The molecule has 3 aromatic rings. The fourth-order valence-corrected chi connectivity index (χ4v) is 5.97. The summed E-state index contributed by atoms with van der Waals surface area (Å²) in [6.07, 6.45) is 8.92. The minimum Gasteiger partial charge on any atom is -0.383 e. The van der Waals surface area contributed by atoms with E-state index in [0.29, 0.717) is 18.6 Å². The summed E-state index contributed by atoms with van der Waals surface area (Å²) >= 11 is 0. The van der Waals surface area contributed by atoms with Gasteiger partial charge in [-0.25, -0.2) is 4.68 Å². The number of H-pyrrole nitrogens is 1. The van der Waals surface area contributed by atoms with Crippen molar-refractivity contribution in [3.05, 3.63) is 51.6 Å². The molecule has 1 saturated carbocycles. The molecule has 2 fully saturated rings. The van der Waals surface area contributed by atoms with Crippen molar-refractivity contribution < 1.29 is 4.74 Å². The number of hydrogen-bond donors (Lipinski definition) is 1. The molecule has 1 aliphatic heterocycles. The lowest BCUT2D eigenvalue weighted by Gasteiger charge is -2.47. The van der Waals surface area contributed by atoms with E-state index in [1.165, 1.54) is 44.1 Å². The minimum absolute atomic E-state index is 0.0686. The molecule has 1 saturated heterocycles. The Morgan fingerprint density at radius 2 is 1.97 bits per heavy atom. The third-order valence-corrected chi connectivity index (χ3v) is 7.60. The molecule has 1 unspecified atom stereocenters. The Kier molecular flexibility index (Phi) is 6.29. The van der Waals surface area contributed by atoms with Gasteiger partial charge in [-0.2, -0.15) is 0 Å². The minimum atomic E-state index is -0.287. The number of fused-ring (bicyclic) bond motifs is 1. The largest absolute Gasteiger partial charge is 0.383 e. The molecule has 1 atom stereocenters. The van der Waals surface area contributed by atoms with E-state index in [0.717, 1.165) is 41.8 Å². The van der Waals surface area contributed by atoms with Gasteiger partial charge in [0.15, 0.2) is 5.82 Å². The van der Waals surface area contributed by atoms with Crippen molar-refractivity contribution in [2.45, 2.75) is 64.5 Å². The zero-order valence-electron chi connectivity index (χ0n) is 19.7. The summed E-state index contributed by atoms with van der Waals surface area (Å²) in [5.41, 5.74) is 3.02. The zero-order chi connectivity index (χ0) is 22.8. The second-order valence-electron chi connectivity index (χ2n) is 9.93. The van der Waals surface area contributed by atoms with Crippen LogP contribution in [0.15, 0.2) is 29.1 Å². The summed E-state index contributed by atoms with van der Waals surface area (Å²) < 4.78 is 7.09. The van der Waals surface area contributed by atoms with Gasteiger partial charge in [-0.15, -0.1) is 5.10 Å². The van der Waals surface area contributed by atoms with Crippen LogP contribution in [0, 0.1) is 12.3 Å². The molecule has 0 bridgehead atoms. The predicted octanol–water partition coefficient (Wildman–Crippen LogP) is 3.61. The number of aromatic nitrogens is 5. The topological polar surface area (TPSA) is 88.9 Å². The second kappa shape index (κ2) is 9.35. The number of benzene rings is 1. The predicted molar refractivity (Wildman–Crippen MR) is 127 cm³/mol. The molecule has 1 aromatic carbocycles. The molecule has 1 aliphatic carbocycles. The number of nitrogens with one attached hydrogen (secondary N) is 1. The van der Waals surface area contributed by atoms with Gasteiger partial charge in [0.2, 0.25) is 0 Å². The molecule has 176 valence electrons. The van der Waals surface area contributed by atoms with Gasteiger partial charge in [-0.1, -0.05) is 30.9 Å². The van der Waals surface area contributed by atoms with Crippen LogP contribution in [0.1, 0.15) is 67.9 Å². The van der Waals surface area contributed by atoms with Crippen LogP contribution in [-0.2, 0) is 11.3 Å². The highest BCUT2D eigenvalue weighted by Gasteiger charge is 2.41. The summed E-state index contributed by atoms with van der Waals surface area (Å²) in [5, 5.41) is 13.7. The summed E-state index contributed by atoms with van der Waals surface area (Å²) in [5.74, 6) is 0.720.